The summed E-state index contributed by atoms with van der Waals surface area (Å²) in [6.45, 7) is 7.75. The van der Waals surface area contributed by atoms with Crippen LogP contribution in [0.3, 0.4) is 0 Å². The third kappa shape index (κ3) is 3.26. The molecule has 1 aromatic rings. The predicted octanol–water partition coefficient (Wildman–Crippen LogP) is 0.759. The highest BCUT2D eigenvalue weighted by Crippen LogP contribution is 2.40. The van der Waals surface area contributed by atoms with Gasteiger partial charge in [-0.05, 0) is 32.7 Å². The summed E-state index contributed by atoms with van der Waals surface area (Å²) in [5, 5.41) is 8.21. The molecule has 128 valence electrons. The highest BCUT2D eigenvalue weighted by molar-refractivity contribution is 5.84. The van der Waals surface area contributed by atoms with Gasteiger partial charge in [-0.1, -0.05) is 0 Å². The van der Waals surface area contributed by atoms with E-state index in [0.717, 1.165) is 57.8 Å². The molecule has 2 saturated heterocycles. The summed E-state index contributed by atoms with van der Waals surface area (Å²) >= 11 is 0. The van der Waals surface area contributed by atoms with Crippen LogP contribution in [0.5, 0.6) is 0 Å². The first kappa shape index (κ1) is 16.4. The maximum atomic E-state index is 12.9. The average Bonchev–Trinajstić information content (AvgIpc) is 3.17. The molecular weight excluding hydrogens is 294 g/mol. The second kappa shape index (κ2) is 6.97. The molecule has 0 aromatic carbocycles. The molecule has 7 nitrogen and oxygen atoms in total. The van der Waals surface area contributed by atoms with Gasteiger partial charge in [0.1, 0.15) is 12.2 Å². The largest absolute Gasteiger partial charge is 0.383 e. The van der Waals surface area contributed by atoms with Crippen molar-refractivity contribution >= 4 is 5.91 Å². The minimum Gasteiger partial charge on any atom is -0.383 e. The lowest BCUT2D eigenvalue weighted by molar-refractivity contribution is -0.146. The van der Waals surface area contributed by atoms with E-state index in [9.17, 15) is 4.79 Å². The first-order chi connectivity index (χ1) is 11.2. The van der Waals surface area contributed by atoms with Gasteiger partial charge in [0.15, 0.2) is 0 Å². The number of carbonyl (C=O) groups is 1. The number of nitrogens with zero attached hydrogens (tertiary/aromatic N) is 5. The number of aryl methyl sites for hydroxylation is 1. The third-order valence-electron chi connectivity index (χ3n) is 5.22. The van der Waals surface area contributed by atoms with E-state index in [0.29, 0.717) is 19.1 Å². The van der Waals surface area contributed by atoms with Crippen molar-refractivity contribution in [2.75, 3.05) is 39.9 Å². The van der Waals surface area contributed by atoms with Crippen LogP contribution in [0.4, 0.5) is 0 Å². The lowest BCUT2D eigenvalue weighted by Crippen LogP contribution is -2.50. The fourth-order valence-corrected chi connectivity index (χ4v) is 3.90. The maximum Gasteiger partial charge on any atom is 0.230 e. The second-order valence-corrected chi connectivity index (χ2v) is 6.66. The molecule has 1 spiro atoms. The molecule has 0 saturated carbocycles. The first-order valence-corrected chi connectivity index (χ1v) is 8.56. The number of methoxy groups -OCH3 is 1. The van der Waals surface area contributed by atoms with Gasteiger partial charge in [-0.3, -0.25) is 9.69 Å². The molecule has 0 bridgehead atoms. The zero-order chi connectivity index (χ0) is 16.3. The number of aromatic nitrogens is 3. The summed E-state index contributed by atoms with van der Waals surface area (Å²) in [6, 6.07) is 0. The summed E-state index contributed by atoms with van der Waals surface area (Å²) in [5.74, 6) is 1.31. The van der Waals surface area contributed by atoms with Crippen LogP contribution in [0.2, 0.25) is 0 Å². The Balaban J connectivity index is 1.64. The molecule has 3 rings (SSSR count). The number of ether oxygens (including phenoxy) is 1. The third-order valence-corrected chi connectivity index (χ3v) is 5.22. The van der Waals surface area contributed by atoms with Gasteiger partial charge in [0, 0.05) is 33.3 Å². The molecular formula is C16H27N5O2. The zero-order valence-electron chi connectivity index (χ0n) is 14.2. The van der Waals surface area contributed by atoms with Crippen molar-refractivity contribution in [2.45, 2.75) is 39.3 Å². The van der Waals surface area contributed by atoms with Crippen LogP contribution in [0, 0.1) is 5.41 Å². The molecule has 2 aliphatic rings. The van der Waals surface area contributed by atoms with Crippen molar-refractivity contribution in [2.24, 2.45) is 5.41 Å². The minimum absolute atomic E-state index is 0.191. The number of carbonyl (C=O) groups excluding carboxylic acids is 1. The van der Waals surface area contributed by atoms with Crippen molar-refractivity contribution in [3.05, 3.63) is 12.2 Å². The van der Waals surface area contributed by atoms with Crippen molar-refractivity contribution in [3.63, 3.8) is 0 Å². The van der Waals surface area contributed by atoms with E-state index in [1.807, 2.05) is 4.90 Å². The van der Waals surface area contributed by atoms with Crippen LogP contribution < -0.4 is 0 Å². The van der Waals surface area contributed by atoms with Crippen LogP contribution in [-0.4, -0.2) is 70.4 Å². The van der Waals surface area contributed by atoms with Gasteiger partial charge >= 0.3 is 0 Å². The smallest absolute Gasteiger partial charge is 0.230 e. The normalized spacial score (nSPS) is 25.7. The summed E-state index contributed by atoms with van der Waals surface area (Å²) in [7, 11) is 1.69. The molecule has 2 fully saturated rings. The van der Waals surface area contributed by atoms with Crippen molar-refractivity contribution in [1.82, 2.24) is 24.6 Å². The number of amides is 1. The zero-order valence-corrected chi connectivity index (χ0v) is 14.2. The summed E-state index contributed by atoms with van der Waals surface area (Å²) in [6.07, 6.45) is 4.83. The van der Waals surface area contributed by atoms with E-state index < -0.39 is 0 Å². The first-order valence-electron chi connectivity index (χ1n) is 8.56. The lowest BCUT2D eigenvalue weighted by atomic mass is 9.78. The Bertz CT molecular complexity index is 546. The molecule has 7 heteroatoms. The van der Waals surface area contributed by atoms with Gasteiger partial charge in [0.25, 0.3) is 0 Å². The number of piperidine rings is 1. The van der Waals surface area contributed by atoms with E-state index >= 15 is 0 Å². The summed E-state index contributed by atoms with van der Waals surface area (Å²) in [4.78, 5) is 17.3. The molecule has 1 aromatic heterocycles. The Morgan fingerprint density at radius 3 is 3.00 bits per heavy atom. The predicted molar refractivity (Wildman–Crippen MR) is 85.7 cm³/mol. The standard InChI is InChI=1S/C16H27N5O2/c1-3-20-13-17-18-14(20)11-19-8-6-16(12-19)5-4-7-21(15(16)22)9-10-23-2/h13H,3-12H2,1-2H3/t16-/m1/s1. The Kier molecular flexibility index (Phi) is 4.96. The van der Waals surface area contributed by atoms with Gasteiger partial charge in [-0.25, -0.2) is 0 Å². The Morgan fingerprint density at radius 1 is 1.35 bits per heavy atom. The highest BCUT2D eigenvalue weighted by Gasteiger charge is 2.48. The van der Waals surface area contributed by atoms with Crippen molar-refractivity contribution < 1.29 is 9.53 Å². The topological polar surface area (TPSA) is 63.5 Å². The van der Waals surface area contributed by atoms with Gasteiger partial charge in [-0.15, -0.1) is 10.2 Å². The Hall–Kier alpha value is -1.47. The number of likely N-dealkylation sites (tertiary alicyclic amines) is 2. The maximum absolute atomic E-state index is 12.9. The van der Waals surface area contributed by atoms with Crippen LogP contribution in [0.15, 0.2) is 6.33 Å². The monoisotopic (exact) mass is 321 g/mol. The van der Waals surface area contributed by atoms with Crippen LogP contribution in [0.1, 0.15) is 32.0 Å². The molecule has 23 heavy (non-hydrogen) atoms. The summed E-state index contributed by atoms with van der Waals surface area (Å²) < 4.78 is 7.21. The van der Waals surface area contributed by atoms with Crippen molar-refractivity contribution in [3.8, 4) is 0 Å². The lowest BCUT2D eigenvalue weighted by Gasteiger charge is -2.39. The van der Waals surface area contributed by atoms with Gasteiger partial charge < -0.3 is 14.2 Å². The molecule has 1 atom stereocenters. The van der Waals surface area contributed by atoms with E-state index in [4.69, 9.17) is 4.74 Å². The second-order valence-electron chi connectivity index (χ2n) is 6.66. The Morgan fingerprint density at radius 2 is 2.22 bits per heavy atom. The van der Waals surface area contributed by atoms with E-state index in [1.54, 1.807) is 13.4 Å². The Labute approximate surface area is 137 Å². The highest BCUT2D eigenvalue weighted by atomic mass is 16.5. The number of rotatable bonds is 6. The van der Waals surface area contributed by atoms with E-state index in [1.165, 1.54) is 0 Å². The van der Waals surface area contributed by atoms with Gasteiger partial charge in [-0.2, -0.15) is 0 Å². The SMILES string of the molecule is CCn1cnnc1CN1CC[C@]2(CCCN(CCOC)C2=O)C1. The minimum atomic E-state index is -0.191. The molecule has 2 aliphatic heterocycles. The molecule has 0 N–H and O–H groups in total. The average molecular weight is 321 g/mol. The molecule has 3 heterocycles. The molecule has 1 amide bonds. The van der Waals surface area contributed by atoms with Crippen molar-refractivity contribution in [1.29, 1.82) is 0 Å². The quantitative estimate of drug-likeness (QED) is 0.774. The van der Waals surface area contributed by atoms with Crippen LogP contribution in [0.25, 0.3) is 0 Å². The van der Waals surface area contributed by atoms with E-state index in [-0.39, 0.29) is 5.41 Å². The number of hydrogen-bond donors (Lipinski definition) is 0. The van der Waals surface area contributed by atoms with Crippen LogP contribution >= 0.6 is 0 Å². The van der Waals surface area contributed by atoms with E-state index in [2.05, 4.69) is 26.6 Å². The molecule has 0 aliphatic carbocycles. The summed E-state index contributed by atoms with van der Waals surface area (Å²) in [5.41, 5.74) is -0.191. The molecule has 0 radical (unpaired) electrons. The number of hydrogen-bond acceptors (Lipinski definition) is 5. The van der Waals surface area contributed by atoms with Gasteiger partial charge in [0.2, 0.25) is 5.91 Å². The molecule has 0 unspecified atom stereocenters. The fourth-order valence-electron chi connectivity index (χ4n) is 3.90. The van der Waals surface area contributed by atoms with Crippen LogP contribution in [-0.2, 0) is 22.6 Å². The fraction of sp³-hybridized carbons (Fsp3) is 0.812. The van der Waals surface area contributed by atoms with Gasteiger partial charge in [0.05, 0.1) is 18.6 Å².